The first-order chi connectivity index (χ1) is 13.6. The van der Waals surface area contributed by atoms with Crippen molar-refractivity contribution in [3.8, 4) is 5.75 Å². The van der Waals surface area contributed by atoms with E-state index < -0.39 is 12.1 Å². The zero-order chi connectivity index (χ0) is 19.9. The van der Waals surface area contributed by atoms with E-state index in [1.807, 2.05) is 36.2 Å². The van der Waals surface area contributed by atoms with Crippen LogP contribution in [-0.4, -0.2) is 43.9 Å². The van der Waals surface area contributed by atoms with Crippen molar-refractivity contribution >= 4 is 23.1 Å². The number of halogens is 1. The van der Waals surface area contributed by atoms with Gasteiger partial charge >= 0.3 is 5.97 Å². The van der Waals surface area contributed by atoms with Crippen LogP contribution in [0.5, 0.6) is 5.75 Å². The third kappa shape index (κ3) is 5.00. The Morgan fingerprint density at radius 1 is 1.21 bits per heavy atom. The predicted molar refractivity (Wildman–Crippen MR) is 104 cm³/mol. The summed E-state index contributed by atoms with van der Waals surface area (Å²) in [6.45, 7) is 2.84. The minimum atomic E-state index is -1.66. The van der Waals surface area contributed by atoms with E-state index >= 15 is 0 Å². The van der Waals surface area contributed by atoms with E-state index in [2.05, 4.69) is 9.72 Å². The number of likely N-dealkylation sites (N-methyl/N-ethyl adjacent to an activating group) is 1. The molecule has 148 valence electrons. The highest BCUT2D eigenvalue weighted by molar-refractivity contribution is 5.75. The van der Waals surface area contributed by atoms with E-state index in [-0.39, 0.29) is 13.0 Å². The quantitative estimate of drug-likeness (QED) is 0.522. The standard InChI is InChI=1S/C21H23FN2O4/c1-3-26-20(25)17(22)14-15-8-10-16(11-9-15)27-13-12-24(2)21-23-18-6-4-5-7-19(18)28-21/h4-11,17H,3,12-14H2,1-2H3. The summed E-state index contributed by atoms with van der Waals surface area (Å²) in [6, 6.07) is 15.1. The van der Waals surface area contributed by atoms with Crippen LogP contribution in [-0.2, 0) is 16.0 Å². The molecule has 0 radical (unpaired) electrons. The molecule has 1 aromatic heterocycles. The molecule has 28 heavy (non-hydrogen) atoms. The lowest BCUT2D eigenvalue weighted by atomic mass is 10.1. The third-order valence-electron chi connectivity index (χ3n) is 4.19. The number of para-hydroxylation sites is 2. The Hall–Kier alpha value is -3.09. The van der Waals surface area contributed by atoms with Crippen molar-refractivity contribution in [2.75, 3.05) is 31.7 Å². The van der Waals surface area contributed by atoms with Gasteiger partial charge in [0.25, 0.3) is 6.01 Å². The van der Waals surface area contributed by atoms with Crippen molar-refractivity contribution in [3.63, 3.8) is 0 Å². The number of hydrogen-bond donors (Lipinski definition) is 0. The summed E-state index contributed by atoms with van der Waals surface area (Å²) in [6.07, 6.45) is -1.67. The summed E-state index contributed by atoms with van der Waals surface area (Å²) in [5, 5.41) is 0. The number of benzene rings is 2. The van der Waals surface area contributed by atoms with Gasteiger partial charge in [0.15, 0.2) is 5.58 Å². The van der Waals surface area contributed by atoms with Crippen LogP contribution < -0.4 is 9.64 Å². The molecule has 3 rings (SSSR count). The van der Waals surface area contributed by atoms with Gasteiger partial charge in [-0.15, -0.1) is 0 Å². The summed E-state index contributed by atoms with van der Waals surface area (Å²) in [4.78, 5) is 17.7. The van der Waals surface area contributed by atoms with Crippen molar-refractivity contribution in [2.24, 2.45) is 0 Å². The topological polar surface area (TPSA) is 64.8 Å². The average Bonchev–Trinajstić information content (AvgIpc) is 3.14. The molecule has 7 heteroatoms. The normalized spacial score (nSPS) is 12.0. The van der Waals surface area contributed by atoms with Gasteiger partial charge in [0.05, 0.1) is 13.2 Å². The van der Waals surface area contributed by atoms with Crippen molar-refractivity contribution < 1.29 is 23.1 Å². The van der Waals surface area contributed by atoms with Crippen LogP contribution in [0, 0.1) is 0 Å². The number of ether oxygens (including phenoxy) is 2. The highest BCUT2D eigenvalue weighted by atomic mass is 19.1. The van der Waals surface area contributed by atoms with Crippen LogP contribution in [0.25, 0.3) is 11.1 Å². The van der Waals surface area contributed by atoms with Crippen LogP contribution in [0.15, 0.2) is 52.9 Å². The van der Waals surface area contributed by atoms with Gasteiger partial charge in [0, 0.05) is 13.5 Å². The van der Waals surface area contributed by atoms with Crippen LogP contribution in [0.3, 0.4) is 0 Å². The third-order valence-corrected chi connectivity index (χ3v) is 4.19. The van der Waals surface area contributed by atoms with E-state index in [0.29, 0.717) is 30.5 Å². The molecule has 0 amide bonds. The lowest BCUT2D eigenvalue weighted by Gasteiger charge is -2.15. The fourth-order valence-electron chi connectivity index (χ4n) is 2.66. The van der Waals surface area contributed by atoms with Gasteiger partial charge in [-0.05, 0) is 36.8 Å². The minimum Gasteiger partial charge on any atom is -0.492 e. The first-order valence-electron chi connectivity index (χ1n) is 9.16. The Morgan fingerprint density at radius 3 is 2.68 bits per heavy atom. The molecule has 0 N–H and O–H groups in total. The smallest absolute Gasteiger partial charge is 0.341 e. The van der Waals surface area contributed by atoms with Gasteiger partial charge in [-0.2, -0.15) is 4.98 Å². The van der Waals surface area contributed by atoms with Gasteiger partial charge in [0.2, 0.25) is 6.17 Å². The molecule has 0 aliphatic heterocycles. The number of esters is 1. The predicted octanol–water partition coefficient (Wildman–Crippen LogP) is 3.79. The van der Waals surface area contributed by atoms with Crippen molar-refractivity contribution in [3.05, 3.63) is 54.1 Å². The first-order valence-corrected chi connectivity index (χ1v) is 9.16. The molecule has 0 spiro atoms. The maximum Gasteiger partial charge on any atom is 0.341 e. The van der Waals surface area contributed by atoms with E-state index in [1.54, 1.807) is 31.2 Å². The van der Waals surface area contributed by atoms with Gasteiger partial charge < -0.3 is 18.8 Å². The number of aromatic nitrogens is 1. The molecular weight excluding hydrogens is 363 g/mol. The number of fused-ring (bicyclic) bond motifs is 1. The highest BCUT2D eigenvalue weighted by Crippen LogP contribution is 2.20. The summed E-state index contributed by atoms with van der Waals surface area (Å²) in [7, 11) is 1.88. The summed E-state index contributed by atoms with van der Waals surface area (Å²) in [5.41, 5.74) is 2.26. The van der Waals surface area contributed by atoms with Gasteiger partial charge in [0.1, 0.15) is 17.9 Å². The number of alkyl halides is 1. The fraction of sp³-hybridized carbons (Fsp3) is 0.333. The monoisotopic (exact) mass is 386 g/mol. The molecule has 0 aliphatic rings. The molecule has 0 fully saturated rings. The second kappa shape index (κ2) is 9.21. The molecule has 1 heterocycles. The molecular formula is C21H23FN2O4. The van der Waals surface area contributed by atoms with Crippen LogP contribution >= 0.6 is 0 Å². The lowest BCUT2D eigenvalue weighted by Crippen LogP contribution is -2.24. The minimum absolute atomic E-state index is 0.0143. The van der Waals surface area contributed by atoms with Gasteiger partial charge in [-0.3, -0.25) is 0 Å². The van der Waals surface area contributed by atoms with Crippen LogP contribution in [0.4, 0.5) is 10.4 Å². The average molecular weight is 386 g/mol. The van der Waals surface area contributed by atoms with E-state index in [4.69, 9.17) is 9.15 Å². The highest BCUT2D eigenvalue weighted by Gasteiger charge is 2.18. The van der Waals surface area contributed by atoms with Crippen molar-refractivity contribution in [1.82, 2.24) is 4.98 Å². The van der Waals surface area contributed by atoms with Crippen molar-refractivity contribution in [1.29, 1.82) is 0 Å². The number of carbonyl (C=O) groups excluding carboxylic acids is 1. The SMILES string of the molecule is CCOC(=O)C(F)Cc1ccc(OCCN(C)c2nc3ccccc3o2)cc1. The molecule has 0 saturated carbocycles. The zero-order valence-electron chi connectivity index (χ0n) is 15.9. The van der Waals surface area contributed by atoms with Gasteiger partial charge in [-0.25, -0.2) is 9.18 Å². The largest absolute Gasteiger partial charge is 0.492 e. The molecule has 0 bridgehead atoms. The zero-order valence-corrected chi connectivity index (χ0v) is 15.9. The lowest BCUT2D eigenvalue weighted by molar-refractivity contribution is -0.149. The Morgan fingerprint density at radius 2 is 1.96 bits per heavy atom. The summed E-state index contributed by atoms with van der Waals surface area (Å²) in [5.74, 6) is -0.161. The maximum absolute atomic E-state index is 13.8. The first kappa shape index (κ1) is 19.7. The van der Waals surface area contributed by atoms with Crippen LogP contribution in [0.1, 0.15) is 12.5 Å². The second-order valence-electron chi connectivity index (χ2n) is 6.30. The number of rotatable bonds is 9. The molecule has 1 unspecified atom stereocenters. The Labute approximate surface area is 162 Å². The Kier molecular flexibility index (Phi) is 6.47. The van der Waals surface area contributed by atoms with E-state index in [0.717, 1.165) is 11.1 Å². The molecule has 6 nitrogen and oxygen atoms in total. The molecule has 0 saturated heterocycles. The van der Waals surface area contributed by atoms with E-state index in [1.165, 1.54) is 0 Å². The number of hydrogen-bond acceptors (Lipinski definition) is 6. The molecule has 1 atom stereocenters. The van der Waals surface area contributed by atoms with E-state index in [9.17, 15) is 9.18 Å². The van der Waals surface area contributed by atoms with Crippen molar-refractivity contribution in [2.45, 2.75) is 19.5 Å². The second-order valence-corrected chi connectivity index (χ2v) is 6.30. The Balaban J connectivity index is 1.47. The summed E-state index contributed by atoms with van der Waals surface area (Å²) < 4.78 is 29.9. The van der Waals surface area contributed by atoms with Crippen LogP contribution in [0.2, 0.25) is 0 Å². The molecule has 0 aliphatic carbocycles. The maximum atomic E-state index is 13.8. The summed E-state index contributed by atoms with van der Waals surface area (Å²) >= 11 is 0. The number of carbonyl (C=O) groups is 1. The number of anilines is 1. The molecule has 2 aromatic carbocycles. The number of oxazole rings is 1. The Bertz CT molecular complexity index is 877. The van der Waals surface area contributed by atoms with Gasteiger partial charge in [-0.1, -0.05) is 24.3 Å². The molecule has 3 aromatic rings. The fourth-order valence-corrected chi connectivity index (χ4v) is 2.66. The number of nitrogens with zero attached hydrogens (tertiary/aromatic N) is 2.